The van der Waals surface area contributed by atoms with Gasteiger partial charge in [0.2, 0.25) is 0 Å². The molecular weight excluding hydrogens is 442 g/mol. The third-order valence-electron chi connectivity index (χ3n) is 6.24. The summed E-state index contributed by atoms with van der Waals surface area (Å²) in [6, 6.07) is 6.19. The van der Waals surface area contributed by atoms with Crippen LogP contribution in [0.1, 0.15) is 61.9 Å². The number of benzene rings is 1. The minimum Gasteiger partial charge on any atom is -0.494 e. The number of aromatic nitrogens is 3. The molecule has 0 atom stereocenters. The molecule has 0 aliphatic heterocycles. The maximum absolute atomic E-state index is 13.4. The summed E-state index contributed by atoms with van der Waals surface area (Å²) < 4.78 is 13.2. The Hall–Kier alpha value is -3.55. The predicted molar refractivity (Wildman–Crippen MR) is 137 cm³/mol. The van der Waals surface area contributed by atoms with E-state index in [-0.39, 0.29) is 12.1 Å². The smallest absolute Gasteiger partial charge is 0.322 e. The average Bonchev–Trinajstić information content (AvgIpc) is 3.57. The number of carbonyl (C=O) groups excluding carboxylic acids is 1. The highest BCUT2D eigenvalue weighted by atomic mass is 16.5. The lowest BCUT2D eigenvalue weighted by Crippen LogP contribution is -2.36. The fourth-order valence-corrected chi connectivity index (χ4v) is 4.17. The summed E-state index contributed by atoms with van der Waals surface area (Å²) >= 11 is 0. The van der Waals surface area contributed by atoms with Gasteiger partial charge in [0.15, 0.2) is 11.6 Å². The van der Waals surface area contributed by atoms with E-state index < -0.39 is 0 Å². The minimum absolute atomic E-state index is 0.137. The van der Waals surface area contributed by atoms with Gasteiger partial charge in [-0.3, -0.25) is 4.57 Å². The fourth-order valence-electron chi connectivity index (χ4n) is 4.17. The number of nitrogens with zero attached hydrogens (tertiary/aromatic N) is 4. The van der Waals surface area contributed by atoms with Crippen LogP contribution in [0.2, 0.25) is 0 Å². The largest absolute Gasteiger partial charge is 0.494 e. The Labute approximate surface area is 207 Å². The third kappa shape index (κ3) is 5.58. The van der Waals surface area contributed by atoms with Crippen molar-refractivity contribution in [2.45, 2.75) is 66.0 Å². The van der Waals surface area contributed by atoms with E-state index in [4.69, 9.17) is 9.47 Å². The zero-order chi connectivity index (χ0) is 25.1. The molecule has 2 heterocycles. The van der Waals surface area contributed by atoms with Crippen LogP contribution in [0, 0.1) is 13.8 Å². The maximum Gasteiger partial charge on any atom is 0.322 e. The molecule has 0 spiro atoms. The van der Waals surface area contributed by atoms with Gasteiger partial charge >= 0.3 is 6.03 Å². The molecule has 2 aromatic heterocycles. The topological polar surface area (TPSA) is 81.5 Å². The van der Waals surface area contributed by atoms with Crippen LogP contribution in [0.5, 0.6) is 11.5 Å². The summed E-state index contributed by atoms with van der Waals surface area (Å²) in [5.74, 6) is 2.44. The van der Waals surface area contributed by atoms with Crippen molar-refractivity contribution in [1.82, 2.24) is 19.4 Å². The molecule has 1 aromatic carbocycles. The summed E-state index contributed by atoms with van der Waals surface area (Å²) in [7, 11) is 1.59. The Bertz CT molecular complexity index is 1200. The molecule has 3 aromatic rings. The van der Waals surface area contributed by atoms with E-state index in [1.165, 1.54) is 5.56 Å². The van der Waals surface area contributed by atoms with Gasteiger partial charge in [-0.15, -0.1) is 0 Å². The van der Waals surface area contributed by atoms with Crippen molar-refractivity contribution < 1.29 is 14.3 Å². The quantitative estimate of drug-likeness (QED) is 0.433. The van der Waals surface area contributed by atoms with Crippen LogP contribution in [-0.2, 0) is 6.54 Å². The number of amides is 2. The van der Waals surface area contributed by atoms with Crippen molar-refractivity contribution in [2.75, 3.05) is 19.0 Å². The number of methoxy groups -OCH3 is 1. The molecule has 0 bridgehead atoms. The number of anilines is 1. The molecule has 0 saturated heterocycles. The number of rotatable bonds is 9. The van der Waals surface area contributed by atoms with E-state index in [1.54, 1.807) is 30.3 Å². The first-order valence-electron chi connectivity index (χ1n) is 12.2. The van der Waals surface area contributed by atoms with Gasteiger partial charge in [-0.2, -0.15) is 0 Å². The van der Waals surface area contributed by atoms with Crippen molar-refractivity contribution in [3.63, 3.8) is 0 Å². The summed E-state index contributed by atoms with van der Waals surface area (Å²) in [5.41, 5.74) is 4.91. The highest BCUT2D eigenvalue weighted by Crippen LogP contribution is 2.34. The maximum atomic E-state index is 13.4. The Morgan fingerprint density at radius 1 is 1.20 bits per heavy atom. The second-order valence-corrected chi connectivity index (χ2v) is 9.37. The Morgan fingerprint density at radius 2 is 1.97 bits per heavy atom. The second-order valence-electron chi connectivity index (χ2n) is 9.37. The van der Waals surface area contributed by atoms with E-state index >= 15 is 0 Å². The van der Waals surface area contributed by atoms with Gasteiger partial charge in [0.05, 0.1) is 31.3 Å². The van der Waals surface area contributed by atoms with Gasteiger partial charge in [0.25, 0.3) is 0 Å². The van der Waals surface area contributed by atoms with Crippen LogP contribution in [0.3, 0.4) is 0 Å². The van der Waals surface area contributed by atoms with Crippen molar-refractivity contribution in [2.24, 2.45) is 0 Å². The molecular formula is C27H35N5O3. The number of pyridine rings is 1. The molecule has 2 amide bonds. The van der Waals surface area contributed by atoms with E-state index in [0.29, 0.717) is 36.3 Å². The second kappa shape index (κ2) is 10.4. The SMILES string of the molecule is CCOc1cc(C)c(CN(C(=O)Nc2cnc(-n3cnc(C)c3)c(OC)c2)C2CC2)cc1C(C)C. The Kier molecular flexibility index (Phi) is 7.28. The van der Waals surface area contributed by atoms with Crippen LogP contribution in [0.25, 0.3) is 5.82 Å². The Morgan fingerprint density at radius 3 is 2.57 bits per heavy atom. The van der Waals surface area contributed by atoms with E-state index in [0.717, 1.165) is 35.4 Å². The molecule has 8 heteroatoms. The summed E-state index contributed by atoms with van der Waals surface area (Å²) in [4.78, 5) is 24.0. The van der Waals surface area contributed by atoms with Gasteiger partial charge in [-0.1, -0.05) is 13.8 Å². The van der Waals surface area contributed by atoms with Gasteiger partial charge in [0.1, 0.15) is 12.1 Å². The van der Waals surface area contributed by atoms with Crippen LogP contribution < -0.4 is 14.8 Å². The number of carbonyl (C=O) groups is 1. The normalized spacial score (nSPS) is 13.1. The first kappa shape index (κ1) is 24.6. The van der Waals surface area contributed by atoms with E-state index in [2.05, 4.69) is 48.2 Å². The number of nitrogens with one attached hydrogen (secondary N) is 1. The van der Waals surface area contributed by atoms with E-state index in [9.17, 15) is 4.79 Å². The van der Waals surface area contributed by atoms with Crippen molar-refractivity contribution >= 4 is 11.7 Å². The molecule has 35 heavy (non-hydrogen) atoms. The lowest BCUT2D eigenvalue weighted by Gasteiger charge is -2.25. The van der Waals surface area contributed by atoms with Crippen LogP contribution >= 0.6 is 0 Å². The zero-order valence-electron chi connectivity index (χ0n) is 21.5. The van der Waals surface area contributed by atoms with Crippen molar-refractivity contribution in [3.8, 4) is 17.3 Å². The van der Waals surface area contributed by atoms with E-state index in [1.807, 2.05) is 24.9 Å². The molecule has 0 radical (unpaired) electrons. The number of hydrogen-bond donors (Lipinski definition) is 1. The molecule has 4 rings (SSSR count). The summed E-state index contributed by atoms with van der Waals surface area (Å²) in [5, 5.41) is 3.03. The number of aryl methyl sites for hydroxylation is 2. The number of urea groups is 1. The molecule has 186 valence electrons. The van der Waals surface area contributed by atoms with Crippen LogP contribution in [0.15, 0.2) is 36.9 Å². The molecule has 1 fully saturated rings. The molecule has 0 unspecified atom stereocenters. The third-order valence-corrected chi connectivity index (χ3v) is 6.24. The Balaban J connectivity index is 1.55. The van der Waals surface area contributed by atoms with Gasteiger partial charge in [0, 0.05) is 24.8 Å². The number of ether oxygens (including phenoxy) is 2. The highest BCUT2D eigenvalue weighted by Gasteiger charge is 2.33. The molecule has 8 nitrogen and oxygen atoms in total. The molecule has 1 aliphatic rings. The summed E-state index contributed by atoms with van der Waals surface area (Å²) in [6.07, 6.45) is 7.25. The fraction of sp³-hybridized carbons (Fsp3) is 0.444. The summed E-state index contributed by atoms with van der Waals surface area (Å²) in [6.45, 7) is 11.5. The lowest BCUT2D eigenvalue weighted by molar-refractivity contribution is 0.206. The van der Waals surface area contributed by atoms with Crippen molar-refractivity contribution in [1.29, 1.82) is 0 Å². The monoisotopic (exact) mass is 477 g/mol. The minimum atomic E-state index is -0.137. The van der Waals surface area contributed by atoms with Gasteiger partial charge in [-0.05, 0) is 68.4 Å². The number of imidazole rings is 1. The highest BCUT2D eigenvalue weighted by molar-refractivity contribution is 5.90. The standard InChI is InChI=1S/C27H35N5O3/c1-7-35-24-10-18(4)20(11-23(24)17(2)3)15-32(22-8-9-22)27(33)30-21-12-25(34-6)26(28-13-21)31-14-19(5)29-16-31/h10-14,16-17,22H,7-9,15H2,1-6H3,(H,30,33). The number of hydrogen-bond acceptors (Lipinski definition) is 5. The average molecular weight is 478 g/mol. The van der Waals surface area contributed by atoms with Gasteiger partial charge < -0.3 is 19.7 Å². The van der Waals surface area contributed by atoms with Crippen LogP contribution in [-0.4, -0.2) is 45.2 Å². The van der Waals surface area contributed by atoms with Crippen LogP contribution in [0.4, 0.5) is 10.5 Å². The predicted octanol–water partition coefficient (Wildman–Crippen LogP) is 5.61. The molecule has 1 saturated carbocycles. The zero-order valence-corrected chi connectivity index (χ0v) is 21.5. The van der Waals surface area contributed by atoms with Crippen molar-refractivity contribution in [3.05, 3.63) is 59.3 Å². The lowest BCUT2D eigenvalue weighted by atomic mass is 9.96. The molecule has 1 aliphatic carbocycles. The van der Waals surface area contributed by atoms with Gasteiger partial charge in [-0.25, -0.2) is 14.8 Å². The first-order chi connectivity index (χ1) is 16.8. The molecule has 1 N–H and O–H groups in total. The first-order valence-corrected chi connectivity index (χ1v) is 12.2.